The number of aromatic nitrogens is 1. The Morgan fingerprint density at radius 2 is 2.14 bits per heavy atom. The fraction of sp³-hybridized carbons (Fsp3) is 0.143. The molecular weight excluding hydrogens is 294 g/mol. The highest BCUT2D eigenvalue weighted by atomic mass is 35.5. The van der Waals surface area contributed by atoms with E-state index in [9.17, 15) is 14.9 Å². The molecule has 1 unspecified atom stereocenters. The number of carbonyl (C=O) groups excluding carboxylic acids is 1. The number of non-ortho nitro benzene ring substituents is 1. The molecule has 0 radical (unpaired) electrons. The van der Waals surface area contributed by atoms with Gasteiger partial charge in [0.1, 0.15) is 5.15 Å². The molecule has 1 atom stereocenters. The van der Waals surface area contributed by atoms with E-state index in [4.69, 9.17) is 11.6 Å². The summed E-state index contributed by atoms with van der Waals surface area (Å²) in [5.74, 6) is -0.321. The van der Waals surface area contributed by atoms with Crippen molar-refractivity contribution in [3.63, 3.8) is 0 Å². The van der Waals surface area contributed by atoms with Gasteiger partial charge in [0.15, 0.2) is 0 Å². The zero-order valence-electron chi connectivity index (χ0n) is 11.1. The van der Waals surface area contributed by atoms with E-state index >= 15 is 0 Å². The predicted molar refractivity (Wildman–Crippen MR) is 78.2 cm³/mol. The Labute approximate surface area is 125 Å². The first-order chi connectivity index (χ1) is 9.97. The predicted octanol–water partition coefficient (Wildman–Crippen LogP) is 3.13. The molecule has 0 saturated carbocycles. The lowest BCUT2D eigenvalue weighted by Crippen LogP contribution is -2.26. The maximum atomic E-state index is 12.1. The number of benzene rings is 1. The summed E-state index contributed by atoms with van der Waals surface area (Å²) >= 11 is 5.73. The molecule has 0 fully saturated rings. The third-order valence-electron chi connectivity index (χ3n) is 2.92. The van der Waals surface area contributed by atoms with Gasteiger partial charge in [0.05, 0.1) is 11.0 Å². The number of pyridine rings is 1. The zero-order valence-corrected chi connectivity index (χ0v) is 11.9. The fourth-order valence-corrected chi connectivity index (χ4v) is 1.99. The van der Waals surface area contributed by atoms with Gasteiger partial charge in [-0.3, -0.25) is 14.9 Å². The van der Waals surface area contributed by atoms with Crippen LogP contribution in [0.5, 0.6) is 0 Å². The first-order valence-electron chi connectivity index (χ1n) is 6.14. The molecule has 0 bridgehead atoms. The molecule has 1 amide bonds. The van der Waals surface area contributed by atoms with Crippen molar-refractivity contribution in [2.45, 2.75) is 13.0 Å². The number of halogens is 1. The van der Waals surface area contributed by atoms with E-state index in [0.717, 1.165) is 0 Å². The minimum atomic E-state index is -0.472. The number of carbonyl (C=O) groups is 1. The van der Waals surface area contributed by atoms with Crippen LogP contribution < -0.4 is 5.32 Å². The second-order valence-corrected chi connectivity index (χ2v) is 4.80. The van der Waals surface area contributed by atoms with Gasteiger partial charge in [0.2, 0.25) is 0 Å². The number of nitro groups is 1. The Bertz CT molecular complexity index is 691. The molecule has 0 aliphatic heterocycles. The summed E-state index contributed by atoms with van der Waals surface area (Å²) in [5.41, 5.74) is 1.02. The summed E-state index contributed by atoms with van der Waals surface area (Å²) in [7, 11) is 0. The molecule has 108 valence electrons. The fourth-order valence-electron chi connectivity index (χ4n) is 1.81. The van der Waals surface area contributed by atoms with E-state index in [-0.39, 0.29) is 22.8 Å². The topological polar surface area (TPSA) is 85.1 Å². The summed E-state index contributed by atoms with van der Waals surface area (Å²) in [6.07, 6.45) is 1.44. The molecule has 1 aromatic carbocycles. The average molecular weight is 306 g/mol. The average Bonchev–Trinajstić information content (AvgIpc) is 2.47. The summed E-state index contributed by atoms with van der Waals surface area (Å²) in [4.78, 5) is 26.2. The number of nitrogens with one attached hydrogen (secondary N) is 1. The largest absolute Gasteiger partial charge is 0.346 e. The van der Waals surface area contributed by atoms with Gasteiger partial charge in [0.25, 0.3) is 11.6 Å². The van der Waals surface area contributed by atoms with Crippen LogP contribution in [0.25, 0.3) is 0 Å². The summed E-state index contributed by atoms with van der Waals surface area (Å²) < 4.78 is 0. The highest BCUT2D eigenvalue weighted by Gasteiger charge is 2.14. The second-order valence-electron chi connectivity index (χ2n) is 4.41. The molecule has 7 heteroatoms. The van der Waals surface area contributed by atoms with Crippen LogP contribution >= 0.6 is 11.6 Å². The van der Waals surface area contributed by atoms with Crippen molar-refractivity contribution >= 4 is 23.2 Å². The van der Waals surface area contributed by atoms with Crippen molar-refractivity contribution in [2.75, 3.05) is 0 Å². The number of nitro benzene ring substituents is 1. The van der Waals surface area contributed by atoms with Crippen molar-refractivity contribution in [3.05, 3.63) is 69.0 Å². The van der Waals surface area contributed by atoms with Crippen molar-refractivity contribution in [2.24, 2.45) is 0 Å². The summed E-state index contributed by atoms with van der Waals surface area (Å²) in [5, 5.41) is 13.7. The quantitative estimate of drug-likeness (QED) is 0.534. The van der Waals surface area contributed by atoms with Gasteiger partial charge >= 0.3 is 0 Å². The van der Waals surface area contributed by atoms with E-state index in [1.807, 2.05) is 0 Å². The molecule has 6 nitrogen and oxygen atoms in total. The first-order valence-corrected chi connectivity index (χ1v) is 6.52. The van der Waals surface area contributed by atoms with Crippen LogP contribution in [-0.2, 0) is 0 Å². The van der Waals surface area contributed by atoms with Crippen LogP contribution in [-0.4, -0.2) is 15.8 Å². The van der Waals surface area contributed by atoms with Crippen LogP contribution in [0.3, 0.4) is 0 Å². The SMILES string of the molecule is CC(NC(=O)c1ccnc(Cl)c1)c1cccc([N+](=O)[O-])c1. The lowest BCUT2D eigenvalue weighted by Gasteiger charge is -2.14. The Balaban J connectivity index is 2.14. The normalized spacial score (nSPS) is 11.7. The van der Waals surface area contributed by atoms with Gasteiger partial charge in [-0.1, -0.05) is 23.7 Å². The van der Waals surface area contributed by atoms with E-state index in [2.05, 4.69) is 10.3 Å². The lowest BCUT2D eigenvalue weighted by atomic mass is 10.1. The van der Waals surface area contributed by atoms with Gasteiger partial charge < -0.3 is 5.32 Å². The molecule has 0 aliphatic rings. The first kappa shape index (κ1) is 14.9. The molecule has 21 heavy (non-hydrogen) atoms. The highest BCUT2D eigenvalue weighted by Crippen LogP contribution is 2.19. The second kappa shape index (κ2) is 6.32. The minimum absolute atomic E-state index is 0.0134. The van der Waals surface area contributed by atoms with Gasteiger partial charge in [0, 0.05) is 23.9 Å². The minimum Gasteiger partial charge on any atom is -0.346 e. The van der Waals surface area contributed by atoms with Gasteiger partial charge in [-0.15, -0.1) is 0 Å². The molecular formula is C14H12ClN3O3. The molecule has 1 heterocycles. The number of hydrogen-bond acceptors (Lipinski definition) is 4. The third-order valence-corrected chi connectivity index (χ3v) is 3.12. The van der Waals surface area contributed by atoms with Crippen LogP contribution in [0.2, 0.25) is 5.15 Å². The Hall–Kier alpha value is -2.47. The van der Waals surface area contributed by atoms with Crippen molar-refractivity contribution in [1.82, 2.24) is 10.3 Å². The van der Waals surface area contributed by atoms with E-state index in [1.54, 1.807) is 25.1 Å². The number of nitrogens with zero attached hydrogens (tertiary/aromatic N) is 2. The monoisotopic (exact) mass is 305 g/mol. The Morgan fingerprint density at radius 1 is 1.38 bits per heavy atom. The Morgan fingerprint density at radius 3 is 2.81 bits per heavy atom. The molecule has 2 aromatic rings. The standard InChI is InChI=1S/C14H12ClN3O3/c1-9(10-3-2-4-12(7-10)18(20)21)17-14(19)11-5-6-16-13(15)8-11/h2-9H,1H3,(H,17,19). The molecule has 2 rings (SSSR count). The van der Waals surface area contributed by atoms with Crippen molar-refractivity contribution in [3.8, 4) is 0 Å². The smallest absolute Gasteiger partial charge is 0.269 e. The summed E-state index contributed by atoms with van der Waals surface area (Å²) in [6, 6.07) is 8.77. The summed E-state index contributed by atoms with van der Waals surface area (Å²) in [6.45, 7) is 1.75. The molecule has 0 spiro atoms. The van der Waals surface area contributed by atoms with E-state index in [1.165, 1.54) is 24.4 Å². The van der Waals surface area contributed by atoms with E-state index < -0.39 is 4.92 Å². The van der Waals surface area contributed by atoms with Gasteiger partial charge in [-0.25, -0.2) is 4.98 Å². The number of rotatable bonds is 4. The van der Waals surface area contributed by atoms with Crippen molar-refractivity contribution < 1.29 is 9.72 Å². The lowest BCUT2D eigenvalue weighted by molar-refractivity contribution is -0.384. The third kappa shape index (κ3) is 3.76. The van der Waals surface area contributed by atoms with E-state index in [0.29, 0.717) is 11.1 Å². The van der Waals surface area contributed by atoms with Gasteiger partial charge in [-0.05, 0) is 24.6 Å². The van der Waals surface area contributed by atoms with Gasteiger partial charge in [-0.2, -0.15) is 0 Å². The number of hydrogen-bond donors (Lipinski definition) is 1. The van der Waals surface area contributed by atoms with Crippen LogP contribution in [0, 0.1) is 10.1 Å². The molecule has 0 aliphatic carbocycles. The number of amides is 1. The molecule has 1 aromatic heterocycles. The van der Waals surface area contributed by atoms with Crippen LogP contribution in [0.1, 0.15) is 28.9 Å². The molecule has 0 saturated heterocycles. The maximum absolute atomic E-state index is 12.1. The highest BCUT2D eigenvalue weighted by molar-refractivity contribution is 6.29. The molecule has 1 N–H and O–H groups in total. The maximum Gasteiger partial charge on any atom is 0.269 e. The van der Waals surface area contributed by atoms with Crippen LogP contribution in [0.4, 0.5) is 5.69 Å². The Kier molecular flexibility index (Phi) is 4.49. The van der Waals surface area contributed by atoms with Crippen molar-refractivity contribution in [1.29, 1.82) is 0 Å². The zero-order chi connectivity index (χ0) is 15.4. The van der Waals surface area contributed by atoms with Crippen LogP contribution in [0.15, 0.2) is 42.6 Å².